The molecular formula is C22H36IN5O2. The molecule has 0 bridgehead atoms. The van der Waals surface area contributed by atoms with Gasteiger partial charge in [0.2, 0.25) is 5.91 Å². The minimum atomic E-state index is 0. The Bertz CT molecular complexity index is 667. The summed E-state index contributed by atoms with van der Waals surface area (Å²) < 4.78 is 5.54. The van der Waals surface area contributed by atoms with Crippen LogP contribution in [0.15, 0.2) is 35.3 Å². The molecule has 0 spiro atoms. The summed E-state index contributed by atoms with van der Waals surface area (Å²) in [5, 5.41) is 6.91. The molecule has 1 aromatic carbocycles. The van der Waals surface area contributed by atoms with Crippen molar-refractivity contribution in [1.82, 2.24) is 20.4 Å². The number of aliphatic imine (C=N–C) groups is 1. The normalized spacial score (nSPS) is 21.1. The predicted octanol–water partition coefficient (Wildman–Crippen LogP) is 2.24. The van der Waals surface area contributed by atoms with Gasteiger partial charge in [-0.2, -0.15) is 0 Å². The Morgan fingerprint density at radius 2 is 1.93 bits per heavy atom. The molecule has 7 nitrogen and oxygen atoms in total. The van der Waals surface area contributed by atoms with Crippen LogP contribution in [0.5, 0.6) is 0 Å². The number of guanidine groups is 1. The van der Waals surface area contributed by atoms with Crippen LogP contribution in [0.2, 0.25) is 0 Å². The second kappa shape index (κ2) is 13.1. The fourth-order valence-electron chi connectivity index (χ4n) is 4.02. The van der Waals surface area contributed by atoms with Gasteiger partial charge in [0.05, 0.1) is 25.8 Å². The molecule has 2 N–H and O–H groups in total. The van der Waals surface area contributed by atoms with Gasteiger partial charge < -0.3 is 20.3 Å². The Labute approximate surface area is 197 Å². The smallest absolute Gasteiger partial charge is 0.222 e. The molecule has 168 valence electrons. The monoisotopic (exact) mass is 529 g/mol. The van der Waals surface area contributed by atoms with Crippen LogP contribution in [0.25, 0.3) is 0 Å². The third kappa shape index (κ3) is 7.09. The van der Waals surface area contributed by atoms with Crippen LogP contribution >= 0.6 is 24.0 Å². The Kier molecular flexibility index (Phi) is 10.9. The first kappa shape index (κ1) is 24.9. The molecular weight excluding hydrogens is 493 g/mol. The number of rotatable bonds is 7. The van der Waals surface area contributed by atoms with Gasteiger partial charge in [0.1, 0.15) is 0 Å². The molecule has 3 rings (SSSR count). The third-order valence-corrected chi connectivity index (χ3v) is 5.62. The molecule has 2 atom stereocenters. The van der Waals surface area contributed by atoms with E-state index in [9.17, 15) is 4.79 Å². The minimum Gasteiger partial charge on any atom is -0.379 e. The maximum Gasteiger partial charge on any atom is 0.222 e. The van der Waals surface area contributed by atoms with E-state index in [0.717, 1.165) is 58.3 Å². The zero-order chi connectivity index (χ0) is 20.5. The van der Waals surface area contributed by atoms with Crippen molar-refractivity contribution in [2.45, 2.75) is 38.8 Å². The number of morpholine rings is 1. The van der Waals surface area contributed by atoms with Gasteiger partial charge in [0.15, 0.2) is 5.96 Å². The van der Waals surface area contributed by atoms with Gasteiger partial charge in [0.25, 0.3) is 0 Å². The van der Waals surface area contributed by atoms with E-state index in [-0.39, 0.29) is 42.0 Å². The van der Waals surface area contributed by atoms with Gasteiger partial charge in [-0.25, -0.2) is 0 Å². The third-order valence-electron chi connectivity index (χ3n) is 5.62. The SMILES string of the molecule is CCNC(=NCC(c1ccccc1)N1CCOCC1)NC1CCN(C(=O)CC)C1.I. The number of carbonyl (C=O) groups is 1. The molecule has 2 heterocycles. The number of nitrogens with one attached hydrogen (secondary N) is 2. The van der Waals surface area contributed by atoms with Crippen LogP contribution in [-0.4, -0.2) is 80.2 Å². The molecule has 0 saturated carbocycles. The molecule has 2 aliphatic heterocycles. The predicted molar refractivity (Wildman–Crippen MR) is 131 cm³/mol. The van der Waals surface area contributed by atoms with E-state index in [1.165, 1.54) is 5.56 Å². The first-order chi connectivity index (χ1) is 14.2. The maximum absolute atomic E-state index is 12.0. The van der Waals surface area contributed by atoms with E-state index >= 15 is 0 Å². The van der Waals surface area contributed by atoms with Gasteiger partial charge in [-0.05, 0) is 18.9 Å². The zero-order valence-corrected chi connectivity index (χ0v) is 20.5. The first-order valence-corrected chi connectivity index (χ1v) is 10.9. The van der Waals surface area contributed by atoms with E-state index < -0.39 is 0 Å². The van der Waals surface area contributed by atoms with Crippen LogP contribution in [-0.2, 0) is 9.53 Å². The lowest BCUT2D eigenvalue weighted by Crippen LogP contribution is -2.46. The number of halogens is 1. The number of amides is 1. The quantitative estimate of drug-likeness (QED) is 0.322. The number of hydrogen-bond donors (Lipinski definition) is 2. The summed E-state index contributed by atoms with van der Waals surface area (Å²) in [6.07, 6.45) is 1.53. The Morgan fingerprint density at radius 3 is 2.60 bits per heavy atom. The summed E-state index contributed by atoms with van der Waals surface area (Å²) in [5.74, 6) is 1.06. The Hall–Kier alpha value is -1.39. The molecule has 2 unspecified atom stereocenters. The number of hydrogen-bond acceptors (Lipinski definition) is 4. The lowest BCUT2D eigenvalue weighted by Gasteiger charge is -2.34. The highest BCUT2D eigenvalue weighted by Gasteiger charge is 2.26. The zero-order valence-electron chi connectivity index (χ0n) is 18.2. The van der Waals surface area contributed by atoms with Crippen molar-refractivity contribution in [2.75, 3.05) is 52.5 Å². The van der Waals surface area contributed by atoms with Crippen molar-refractivity contribution >= 4 is 35.8 Å². The van der Waals surface area contributed by atoms with Crippen LogP contribution in [0.3, 0.4) is 0 Å². The van der Waals surface area contributed by atoms with E-state index in [1.54, 1.807) is 0 Å². The number of ether oxygens (including phenoxy) is 1. The lowest BCUT2D eigenvalue weighted by molar-refractivity contribution is -0.129. The van der Waals surface area contributed by atoms with E-state index in [4.69, 9.17) is 9.73 Å². The molecule has 0 aliphatic carbocycles. The molecule has 0 radical (unpaired) electrons. The summed E-state index contributed by atoms with van der Waals surface area (Å²) in [7, 11) is 0. The molecule has 8 heteroatoms. The van der Waals surface area contributed by atoms with Crippen molar-refractivity contribution in [3.8, 4) is 0 Å². The highest BCUT2D eigenvalue weighted by atomic mass is 127. The van der Waals surface area contributed by atoms with Crippen molar-refractivity contribution in [2.24, 2.45) is 4.99 Å². The number of carbonyl (C=O) groups excluding carboxylic acids is 1. The van der Waals surface area contributed by atoms with Gasteiger partial charge in [-0.3, -0.25) is 14.7 Å². The van der Waals surface area contributed by atoms with Gasteiger partial charge in [0, 0.05) is 45.2 Å². The second-order valence-corrected chi connectivity index (χ2v) is 7.62. The van der Waals surface area contributed by atoms with Gasteiger partial charge in [-0.15, -0.1) is 24.0 Å². The first-order valence-electron chi connectivity index (χ1n) is 10.9. The summed E-state index contributed by atoms with van der Waals surface area (Å²) in [6, 6.07) is 11.1. The van der Waals surface area contributed by atoms with Gasteiger partial charge in [-0.1, -0.05) is 37.3 Å². The summed E-state index contributed by atoms with van der Waals surface area (Å²) in [6.45, 7) is 10.5. The van der Waals surface area contributed by atoms with Crippen molar-refractivity contribution in [3.05, 3.63) is 35.9 Å². The molecule has 30 heavy (non-hydrogen) atoms. The van der Waals surface area contributed by atoms with E-state index in [1.807, 2.05) is 11.8 Å². The highest BCUT2D eigenvalue weighted by molar-refractivity contribution is 14.0. The average Bonchev–Trinajstić information content (AvgIpc) is 3.23. The number of benzene rings is 1. The average molecular weight is 529 g/mol. The van der Waals surface area contributed by atoms with E-state index in [2.05, 4.69) is 52.8 Å². The Balaban J connectivity index is 0.00000320. The van der Waals surface area contributed by atoms with Crippen LogP contribution in [0, 0.1) is 0 Å². The lowest BCUT2D eigenvalue weighted by atomic mass is 10.0. The van der Waals surface area contributed by atoms with Crippen molar-refractivity contribution in [3.63, 3.8) is 0 Å². The molecule has 2 saturated heterocycles. The fraction of sp³-hybridized carbons (Fsp3) is 0.636. The standard InChI is InChI=1S/C22H35N5O2.HI/c1-3-21(28)27-11-10-19(17-27)25-22(23-4-2)24-16-20(18-8-6-5-7-9-18)26-12-14-29-15-13-26;/h5-9,19-20H,3-4,10-17H2,1-2H3,(H2,23,24,25);1H. The number of nitrogens with zero attached hydrogens (tertiary/aromatic N) is 3. The van der Waals surface area contributed by atoms with Crippen molar-refractivity contribution < 1.29 is 9.53 Å². The molecule has 2 aliphatic rings. The molecule has 1 amide bonds. The van der Waals surface area contributed by atoms with E-state index in [0.29, 0.717) is 13.0 Å². The molecule has 0 aromatic heterocycles. The minimum absolute atomic E-state index is 0. The largest absolute Gasteiger partial charge is 0.379 e. The maximum atomic E-state index is 12.0. The van der Waals surface area contributed by atoms with Crippen LogP contribution < -0.4 is 10.6 Å². The number of likely N-dealkylation sites (tertiary alicyclic amines) is 1. The van der Waals surface area contributed by atoms with Crippen LogP contribution in [0.1, 0.15) is 38.3 Å². The highest BCUT2D eigenvalue weighted by Crippen LogP contribution is 2.22. The van der Waals surface area contributed by atoms with Gasteiger partial charge >= 0.3 is 0 Å². The summed E-state index contributed by atoms with van der Waals surface area (Å²) in [5.41, 5.74) is 1.29. The molecule has 2 fully saturated rings. The molecule has 1 aromatic rings. The topological polar surface area (TPSA) is 69.2 Å². The summed E-state index contributed by atoms with van der Waals surface area (Å²) in [4.78, 5) is 21.3. The second-order valence-electron chi connectivity index (χ2n) is 7.62. The fourth-order valence-corrected chi connectivity index (χ4v) is 4.02. The summed E-state index contributed by atoms with van der Waals surface area (Å²) >= 11 is 0. The Morgan fingerprint density at radius 1 is 1.20 bits per heavy atom. The van der Waals surface area contributed by atoms with Crippen LogP contribution in [0.4, 0.5) is 0 Å². The van der Waals surface area contributed by atoms with Crippen molar-refractivity contribution in [1.29, 1.82) is 0 Å².